The van der Waals surface area contributed by atoms with Crippen molar-refractivity contribution >= 4 is 11.8 Å². The zero-order valence-electron chi connectivity index (χ0n) is 25.7. The van der Waals surface area contributed by atoms with Crippen LogP contribution in [0.4, 0.5) is 0 Å². The zero-order chi connectivity index (χ0) is 27.0. The summed E-state index contributed by atoms with van der Waals surface area (Å²) < 4.78 is 0.806. The third kappa shape index (κ3) is 22.1. The fourth-order valence-corrected chi connectivity index (χ4v) is 5.57. The van der Waals surface area contributed by atoms with E-state index in [4.69, 9.17) is 0 Å². The molecule has 0 aromatic rings. The van der Waals surface area contributed by atoms with Gasteiger partial charge in [-0.3, -0.25) is 14.5 Å². The first-order valence-electron chi connectivity index (χ1n) is 16.3. The molecule has 0 spiro atoms. The normalized spacial score (nSPS) is 13.7. The fraction of sp³-hybridized carbons (Fsp3) is 0.938. The van der Waals surface area contributed by atoms with Gasteiger partial charge >= 0.3 is 0 Å². The van der Waals surface area contributed by atoms with Crippen LogP contribution in [0, 0.1) is 0 Å². The Morgan fingerprint density at radius 1 is 0.737 bits per heavy atom. The second kappa shape index (κ2) is 25.2. The molecule has 5 nitrogen and oxygen atoms in total. The molecule has 38 heavy (non-hydrogen) atoms. The molecule has 0 unspecified atom stereocenters. The molecule has 1 aliphatic rings. The second-order valence-electron chi connectivity index (χ2n) is 12.4. The molecule has 0 atom stereocenters. The first kappa shape index (κ1) is 37.2. The number of unbranched alkanes of at least 4 members (excludes halogenated alkanes) is 18. The number of halogens is 1. The quantitative estimate of drug-likeness (QED) is 0.120. The molecule has 226 valence electrons. The van der Waals surface area contributed by atoms with Crippen molar-refractivity contribution in [3.8, 4) is 0 Å². The molecule has 1 rings (SSSR count). The highest BCUT2D eigenvalue weighted by molar-refractivity contribution is 5.77. The average Bonchev–Trinajstić information content (AvgIpc) is 3.26. The molecule has 0 aromatic heterocycles. The number of hydrogen-bond acceptors (Lipinski definition) is 2. The Kier molecular flexibility index (Phi) is 24.6. The molecule has 1 saturated heterocycles. The summed E-state index contributed by atoms with van der Waals surface area (Å²) in [7, 11) is 4.35. The third-order valence-electron chi connectivity index (χ3n) is 7.99. The summed E-state index contributed by atoms with van der Waals surface area (Å²) in [5.41, 5.74) is 0. The van der Waals surface area contributed by atoms with Gasteiger partial charge in [0, 0.05) is 32.4 Å². The van der Waals surface area contributed by atoms with Gasteiger partial charge in [-0.15, -0.1) is 0 Å². The monoisotopic (exact) mass is 557 g/mol. The Hall–Kier alpha value is -0.810. The number of amides is 2. The summed E-state index contributed by atoms with van der Waals surface area (Å²) in [6, 6.07) is 0. The van der Waals surface area contributed by atoms with Gasteiger partial charge in [0.25, 0.3) is 0 Å². The van der Waals surface area contributed by atoms with Crippen LogP contribution in [0.1, 0.15) is 155 Å². The minimum Gasteiger partial charge on any atom is -1.00 e. The molecular weight excluding hydrogens is 494 g/mol. The van der Waals surface area contributed by atoms with Crippen LogP contribution in [0.2, 0.25) is 0 Å². The van der Waals surface area contributed by atoms with E-state index in [1.807, 2.05) is 4.90 Å². The first-order chi connectivity index (χ1) is 17.9. The number of likely N-dealkylation sites (tertiary alicyclic amines) is 1. The number of rotatable bonds is 26. The van der Waals surface area contributed by atoms with Gasteiger partial charge in [-0.05, 0) is 12.8 Å². The van der Waals surface area contributed by atoms with Crippen LogP contribution in [-0.4, -0.2) is 61.6 Å². The number of nitrogens with one attached hydrogen (secondary N) is 1. The number of hydrogen-bond donors (Lipinski definition) is 1. The summed E-state index contributed by atoms with van der Waals surface area (Å²) in [5, 5.41) is 3.09. The van der Waals surface area contributed by atoms with Crippen molar-refractivity contribution in [3.63, 3.8) is 0 Å². The Morgan fingerprint density at radius 2 is 1.18 bits per heavy atom. The van der Waals surface area contributed by atoms with Crippen molar-refractivity contribution in [3.05, 3.63) is 0 Å². The summed E-state index contributed by atoms with van der Waals surface area (Å²) in [6.45, 7) is 5.69. The maximum absolute atomic E-state index is 12.1. The van der Waals surface area contributed by atoms with E-state index >= 15 is 0 Å². The van der Waals surface area contributed by atoms with Gasteiger partial charge in [0.2, 0.25) is 11.8 Å². The second-order valence-corrected chi connectivity index (χ2v) is 12.4. The van der Waals surface area contributed by atoms with E-state index in [-0.39, 0.29) is 18.3 Å². The molecule has 0 aromatic carbocycles. The van der Waals surface area contributed by atoms with Crippen LogP contribution in [0.5, 0.6) is 0 Å². The van der Waals surface area contributed by atoms with Crippen molar-refractivity contribution in [2.45, 2.75) is 155 Å². The predicted molar refractivity (Wildman–Crippen MR) is 158 cm³/mol. The molecule has 6 heteroatoms. The topological polar surface area (TPSA) is 49.4 Å². The molecule has 1 aliphatic heterocycles. The van der Waals surface area contributed by atoms with Crippen molar-refractivity contribution in [1.29, 1.82) is 0 Å². The minimum absolute atomic E-state index is 0. The number of carbonyl (C=O) groups excluding carboxylic acids is 2. The molecule has 0 radical (unpaired) electrons. The summed E-state index contributed by atoms with van der Waals surface area (Å²) in [5.74, 6) is 0.492. The number of carbonyl (C=O) groups is 2. The van der Waals surface area contributed by atoms with Crippen molar-refractivity contribution < 1.29 is 26.5 Å². The smallest absolute Gasteiger partial charge is 0.226 e. The Bertz CT molecular complexity index is 571. The van der Waals surface area contributed by atoms with Gasteiger partial charge < -0.3 is 22.2 Å². The van der Waals surface area contributed by atoms with Crippen molar-refractivity contribution in [2.24, 2.45) is 0 Å². The van der Waals surface area contributed by atoms with E-state index in [0.717, 1.165) is 50.0 Å². The predicted octanol–water partition coefficient (Wildman–Crippen LogP) is 4.97. The molecule has 1 N–H and O–H groups in total. The molecular formula is C32H64ClN3O2. The standard InChI is InChI=1S/C32H63N3O2.ClH/c1-4-5-6-7-8-9-10-11-12-13-14-15-16-17-18-19-20-21-22-25-31(36)33-27-24-29-35(2,3)30-34-28-23-26-32(34)37;/h4-30H2,1-3H3;1H. The third-order valence-corrected chi connectivity index (χ3v) is 7.99. The maximum Gasteiger partial charge on any atom is 0.226 e. The van der Waals surface area contributed by atoms with Gasteiger partial charge in [0.1, 0.15) is 0 Å². The van der Waals surface area contributed by atoms with Crippen molar-refractivity contribution in [2.75, 3.05) is 40.4 Å². The average molecular weight is 558 g/mol. The highest BCUT2D eigenvalue weighted by Crippen LogP contribution is 2.15. The molecule has 0 saturated carbocycles. The fourth-order valence-electron chi connectivity index (χ4n) is 5.57. The Morgan fingerprint density at radius 3 is 1.61 bits per heavy atom. The Balaban J connectivity index is 0.0000137. The lowest BCUT2D eigenvalue weighted by molar-refractivity contribution is -0.898. The lowest BCUT2D eigenvalue weighted by Crippen LogP contribution is -3.00. The van der Waals surface area contributed by atoms with Crippen molar-refractivity contribution in [1.82, 2.24) is 10.2 Å². The lowest BCUT2D eigenvalue weighted by atomic mass is 10.0. The number of nitrogens with zero attached hydrogens (tertiary/aromatic N) is 2. The SMILES string of the molecule is CCCCCCCCCCCCCCCCCCCCCC(=O)NCCC[N+](C)(C)CN1CCCC1=O.[Cl-]. The van der Waals surface area contributed by atoms with E-state index in [2.05, 4.69) is 26.3 Å². The summed E-state index contributed by atoms with van der Waals surface area (Å²) >= 11 is 0. The first-order valence-corrected chi connectivity index (χ1v) is 16.3. The van der Waals surface area contributed by atoms with Crippen LogP contribution >= 0.6 is 0 Å². The zero-order valence-corrected chi connectivity index (χ0v) is 26.4. The van der Waals surface area contributed by atoms with Gasteiger partial charge in [-0.1, -0.05) is 122 Å². The van der Waals surface area contributed by atoms with Gasteiger partial charge in [0.15, 0.2) is 6.67 Å². The number of quaternary nitrogens is 1. The molecule has 0 bridgehead atoms. The summed E-state index contributed by atoms with van der Waals surface area (Å²) in [6.07, 6.45) is 29.5. The molecule has 0 aliphatic carbocycles. The van der Waals surface area contributed by atoms with Crippen LogP contribution in [0.3, 0.4) is 0 Å². The summed E-state index contributed by atoms with van der Waals surface area (Å²) in [4.78, 5) is 25.9. The lowest BCUT2D eigenvalue weighted by Gasteiger charge is -2.33. The maximum atomic E-state index is 12.1. The molecule has 1 heterocycles. The largest absolute Gasteiger partial charge is 1.00 e. The van der Waals surface area contributed by atoms with E-state index in [9.17, 15) is 9.59 Å². The van der Waals surface area contributed by atoms with Crippen LogP contribution in [0.15, 0.2) is 0 Å². The molecule has 1 fully saturated rings. The minimum atomic E-state index is 0. The van der Waals surface area contributed by atoms with Crippen LogP contribution in [-0.2, 0) is 9.59 Å². The molecule has 2 amide bonds. The van der Waals surface area contributed by atoms with E-state index < -0.39 is 0 Å². The van der Waals surface area contributed by atoms with Gasteiger partial charge in [-0.25, -0.2) is 0 Å². The van der Waals surface area contributed by atoms with E-state index in [1.165, 1.54) is 116 Å². The highest BCUT2D eigenvalue weighted by atomic mass is 35.5. The Labute approximate surface area is 243 Å². The van der Waals surface area contributed by atoms with Crippen LogP contribution < -0.4 is 17.7 Å². The van der Waals surface area contributed by atoms with Gasteiger partial charge in [-0.2, -0.15) is 0 Å². The van der Waals surface area contributed by atoms with Gasteiger partial charge in [0.05, 0.1) is 20.6 Å². The van der Waals surface area contributed by atoms with E-state index in [1.54, 1.807) is 0 Å². The van der Waals surface area contributed by atoms with Crippen LogP contribution in [0.25, 0.3) is 0 Å². The van der Waals surface area contributed by atoms with E-state index in [0.29, 0.717) is 18.7 Å². The highest BCUT2D eigenvalue weighted by Gasteiger charge is 2.27.